The molecule has 0 saturated carbocycles. The number of benzene rings is 1. The van der Waals surface area contributed by atoms with Gasteiger partial charge in [-0.3, -0.25) is 4.90 Å². The minimum atomic E-state index is 0.736. The van der Waals surface area contributed by atoms with Crippen molar-refractivity contribution in [1.29, 1.82) is 0 Å². The largest absolute Gasteiger partial charge is 0.398 e. The summed E-state index contributed by atoms with van der Waals surface area (Å²) >= 11 is 6.15. The monoisotopic (exact) mass is 256 g/mol. The van der Waals surface area contributed by atoms with Gasteiger partial charge in [0, 0.05) is 36.0 Å². The molecule has 0 aromatic heterocycles. The molecule has 0 heterocycles. The zero-order chi connectivity index (χ0) is 12.7. The zero-order valence-electron chi connectivity index (χ0n) is 10.6. The Labute approximate surface area is 109 Å². The first kappa shape index (κ1) is 14.3. The van der Waals surface area contributed by atoms with E-state index in [1.807, 2.05) is 25.1 Å². The van der Waals surface area contributed by atoms with E-state index in [2.05, 4.69) is 11.8 Å². The molecular formula is C13H21ClN2O. The average Bonchev–Trinajstić information content (AvgIpc) is 2.32. The van der Waals surface area contributed by atoms with Crippen molar-refractivity contribution in [1.82, 2.24) is 4.90 Å². The summed E-state index contributed by atoms with van der Waals surface area (Å²) in [7, 11) is 0. The molecule has 1 rings (SSSR count). The molecule has 0 fully saturated rings. The molecule has 0 saturated heterocycles. The van der Waals surface area contributed by atoms with Gasteiger partial charge in [-0.15, -0.1) is 0 Å². The lowest BCUT2D eigenvalue weighted by atomic mass is 10.1. The summed E-state index contributed by atoms with van der Waals surface area (Å²) in [5.74, 6) is 0. The first-order valence-corrected chi connectivity index (χ1v) is 6.39. The lowest BCUT2D eigenvalue weighted by Crippen LogP contribution is -2.27. The van der Waals surface area contributed by atoms with Crippen molar-refractivity contribution in [3.05, 3.63) is 28.8 Å². The summed E-state index contributed by atoms with van der Waals surface area (Å²) in [6.07, 6.45) is 0. The molecule has 0 spiro atoms. The molecule has 0 aliphatic rings. The van der Waals surface area contributed by atoms with Gasteiger partial charge in [0.25, 0.3) is 0 Å². The Morgan fingerprint density at radius 2 is 2.12 bits per heavy atom. The van der Waals surface area contributed by atoms with E-state index in [1.54, 1.807) is 0 Å². The summed E-state index contributed by atoms with van der Waals surface area (Å²) in [5.41, 5.74) is 7.70. The van der Waals surface area contributed by atoms with Crippen molar-refractivity contribution in [2.24, 2.45) is 0 Å². The molecule has 2 N–H and O–H groups in total. The average molecular weight is 257 g/mol. The van der Waals surface area contributed by atoms with E-state index >= 15 is 0 Å². The van der Waals surface area contributed by atoms with Crippen LogP contribution in [0.4, 0.5) is 5.69 Å². The third kappa shape index (κ3) is 4.54. The van der Waals surface area contributed by atoms with Crippen LogP contribution in [0, 0.1) is 0 Å². The van der Waals surface area contributed by atoms with E-state index in [0.717, 1.165) is 49.1 Å². The van der Waals surface area contributed by atoms with Gasteiger partial charge in [-0.2, -0.15) is 0 Å². The number of ether oxygens (including phenoxy) is 1. The van der Waals surface area contributed by atoms with Crippen LogP contribution in [-0.4, -0.2) is 31.2 Å². The van der Waals surface area contributed by atoms with Crippen molar-refractivity contribution in [3.8, 4) is 0 Å². The minimum Gasteiger partial charge on any atom is -0.398 e. The Bertz CT molecular complexity index is 324. The van der Waals surface area contributed by atoms with Crippen LogP contribution < -0.4 is 5.73 Å². The van der Waals surface area contributed by atoms with Gasteiger partial charge in [-0.05, 0) is 25.6 Å². The highest BCUT2D eigenvalue weighted by atomic mass is 35.5. The predicted molar refractivity (Wildman–Crippen MR) is 73.3 cm³/mol. The van der Waals surface area contributed by atoms with Crippen molar-refractivity contribution >= 4 is 17.3 Å². The first-order chi connectivity index (χ1) is 8.19. The summed E-state index contributed by atoms with van der Waals surface area (Å²) < 4.78 is 5.36. The quantitative estimate of drug-likeness (QED) is 0.602. The number of hydrogen-bond acceptors (Lipinski definition) is 3. The normalized spacial score (nSPS) is 11.1. The number of nitrogens with two attached hydrogens (primary N) is 1. The highest BCUT2D eigenvalue weighted by molar-refractivity contribution is 6.31. The van der Waals surface area contributed by atoms with Crippen molar-refractivity contribution < 1.29 is 4.74 Å². The van der Waals surface area contributed by atoms with Crippen LogP contribution in [0.5, 0.6) is 0 Å². The van der Waals surface area contributed by atoms with Crippen LogP contribution in [0.2, 0.25) is 5.02 Å². The molecule has 0 radical (unpaired) electrons. The summed E-state index contributed by atoms with van der Waals surface area (Å²) in [4.78, 5) is 2.27. The Morgan fingerprint density at radius 3 is 2.71 bits per heavy atom. The van der Waals surface area contributed by atoms with E-state index < -0.39 is 0 Å². The number of nitrogens with zero attached hydrogens (tertiary/aromatic N) is 1. The molecule has 0 unspecified atom stereocenters. The maximum Gasteiger partial charge on any atom is 0.0593 e. The number of nitrogen functional groups attached to an aromatic ring is 1. The Hall–Kier alpha value is -0.770. The maximum atomic E-state index is 6.15. The van der Waals surface area contributed by atoms with Crippen molar-refractivity contribution in [2.45, 2.75) is 20.4 Å². The fourth-order valence-electron chi connectivity index (χ4n) is 1.65. The third-order valence-corrected chi connectivity index (χ3v) is 3.09. The number of rotatable bonds is 7. The second kappa shape index (κ2) is 7.54. The van der Waals surface area contributed by atoms with Gasteiger partial charge in [0.15, 0.2) is 0 Å². The van der Waals surface area contributed by atoms with E-state index in [0.29, 0.717) is 0 Å². The van der Waals surface area contributed by atoms with Gasteiger partial charge >= 0.3 is 0 Å². The predicted octanol–water partition coefficient (Wildman–Crippen LogP) is 2.78. The molecule has 96 valence electrons. The molecule has 17 heavy (non-hydrogen) atoms. The van der Waals surface area contributed by atoms with Gasteiger partial charge in [-0.1, -0.05) is 24.6 Å². The summed E-state index contributed by atoms with van der Waals surface area (Å²) in [6.45, 7) is 8.25. The molecule has 1 aromatic carbocycles. The fraction of sp³-hybridized carbons (Fsp3) is 0.538. The molecule has 0 aliphatic heterocycles. The molecule has 1 aromatic rings. The van der Waals surface area contributed by atoms with Gasteiger partial charge in [0.05, 0.1) is 6.61 Å². The van der Waals surface area contributed by atoms with E-state index in [4.69, 9.17) is 22.1 Å². The molecule has 4 heteroatoms. The number of likely N-dealkylation sites (N-methyl/N-ethyl adjacent to an activating group) is 1. The molecule has 0 atom stereocenters. The smallest absolute Gasteiger partial charge is 0.0593 e. The first-order valence-electron chi connectivity index (χ1n) is 6.02. The molecular weight excluding hydrogens is 236 g/mol. The summed E-state index contributed by atoms with van der Waals surface area (Å²) in [6, 6.07) is 5.64. The maximum absolute atomic E-state index is 6.15. The Balaban J connectivity index is 2.60. The number of anilines is 1. The van der Waals surface area contributed by atoms with E-state index in [1.165, 1.54) is 0 Å². The van der Waals surface area contributed by atoms with Gasteiger partial charge in [0.2, 0.25) is 0 Å². The SMILES string of the molecule is CCOCCN(CC)Cc1c(N)cccc1Cl. The third-order valence-electron chi connectivity index (χ3n) is 2.74. The molecule has 0 bridgehead atoms. The summed E-state index contributed by atoms with van der Waals surface area (Å²) in [5, 5.41) is 0.736. The standard InChI is InChI=1S/C13H21ClN2O/c1-3-16(8-9-17-4-2)10-11-12(14)6-5-7-13(11)15/h5-7H,3-4,8-10,15H2,1-2H3. The fourth-order valence-corrected chi connectivity index (χ4v) is 1.89. The topological polar surface area (TPSA) is 38.5 Å². The molecule has 3 nitrogen and oxygen atoms in total. The zero-order valence-corrected chi connectivity index (χ0v) is 11.3. The van der Waals surface area contributed by atoms with Crippen LogP contribution in [-0.2, 0) is 11.3 Å². The Kier molecular flexibility index (Phi) is 6.34. The van der Waals surface area contributed by atoms with Crippen LogP contribution >= 0.6 is 11.6 Å². The highest BCUT2D eigenvalue weighted by Gasteiger charge is 2.09. The van der Waals surface area contributed by atoms with Crippen LogP contribution in [0.1, 0.15) is 19.4 Å². The van der Waals surface area contributed by atoms with Gasteiger partial charge in [0.1, 0.15) is 0 Å². The second-order valence-corrected chi connectivity index (χ2v) is 4.28. The van der Waals surface area contributed by atoms with Crippen molar-refractivity contribution in [3.63, 3.8) is 0 Å². The van der Waals surface area contributed by atoms with Gasteiger partial charge < -0.3 is 10.5 Å². The van der Waals surface area contributed by atoms with Gasteiger partial charge in [-0.25, -0.2) is 0 Å². The Morgan fingerprint density at radius 1 is 1.35 bits per heavy atom. The number of hydrogen-bond donors (Lipinski definition) is 1. The lowest BCUT2D eigenvalue weighted by Gasteiger charge is -2.21. The molecule has 0 aliphatic carbocycles. The second-order valence-electron chi connectivity index (χ2n) is 3.87. The number of halogens is 1. The van der Waals surface area contributed by atoms with E-state index in [9.17, 15) is 0 Å². The van der Waals surface area contributed by atoms with Crippen LogP contribution in [0.25, 0.3) is 0 Å². The van der Waals surface area contributed by atoms with Crippen molar-refractivity contribution in [2.75, 3.05) is 32.0 Å². The van der Waals surface area contributed by atoms with E-state index in [-0.39, 0.29) is 0 Å². The lowest BCUT2D eigenvalue weighted by molar-refractivity contribution is 0.113. The van der Waals surface area contributed by atoms with Crippen LogP contribution in [0.15, 0.2) is 18.2 Å². The van der Waals surface area contributed by atoms with Crippen LogP contribution in [0.3, 0.4) is 0 Å². The highest BCUT2D eigenvalue weighted by Crippen LogP contribution is 2.23. The molecule has 0 amide bonds. The minimum absolute atomic E-state index is 0.736.